The van der Waals surface area contributed by atoms with Gasteiger partial charge in [0.05, 0.1) is 47.4 Å². The second-order valence-corrected chi connectivity index (χ2v) is 10.4. The average Bonchev–Trinajstić information content (AvgIpc) is 3.41. The minimum Gasteiger partial charge on any atom is -0.497 e. The van der Waals surface area contributed by atoms with Gasteiger partial charge in [-0.3, -0.25) is 9.69 Å². The number of hydrogen-bond acceptors (Lipinski definition) is 8. The van der Waals surface area contributed by atoms with Crippen molar-refractivity contribution in [2.75, 3.05) is 30.9 Å². The summed E-state index contributed by atoms with van der Waals surface area (Å²) in [4.78, 5) is 24.3. The third-order valence-corrected chi connectivity index (χ3v) is 8.44. The Morgan fingerprint density at radius 3 is 2.57 bits per heavy atom. The average molecular weight is 528 g/mol. The topological polar surface area (TPSA) is 81.0 Å². The number of para-hydroxylation sites is 1. The van der Waals surface area contributed by atoms with Crippen molar-refractivity contribution in [2.45, 2.75) is 18.4 Å². The molecule has 2 aliphatic heterocycles. The molecule has 0 aliphatic carbocycles. The lowest BCUT2D eigenvalue weighted by atomic mass is 10.2. The van der Waals surface area contributed by atoms with Crippen LogP contribution in [0.3, 0.4) is 0 Å². The minimum absolute atomic E-state index is 0.0943. The maximum Gasteiger partial charge on any atom is 0.269 e. The number of amides is 1. The summed E-state index contributed by atoms with van der Waals surface area (Å²) in [5.41, 5.74) is 3.98. The summed E-state index contributed by atoms with van der Waals surface area (Å²) in [6.45, 7) is 3.08. The number of aliphatic imine (C=N–C) groups is 1. The molecular formula is C28H25N5O2S2. The molecular weight excluding hydrogens is 502 g/mol. The van der Waals surface area contributed by atoms with E-state index in [4.69, 9.17) is 9.73 Å². The van der Waals surface area contributed by atoms with Crippen LogP contribution in [0, 0.1) is 11.3 Å². The van der Waals surface area contributed by atoms with Crippen LogP contribution < -0.4 is 15.0 Å². The van der Waals surface area contributed by atoms with Gasteiger partial charge in [-0.2, -0.15) is 5.26 Å². The first kappa shape index (κ1) is 24.8. The molecule has 7 nitrogen and oxygen atoms in total. The molecule has 1 saturated heterocycles. The van der Waals surface area contributed by atoms with Gasteiger partial charge in [0.2, 0.25) is 0 Å². The number of carbonyl (C=O) groups excluding carboxylic acids is 1. The molecule has 1 amide bonds. The first-order valence-electron chi connectivity index (χ1n) is 11.8. The van der Waals surface area contributed by atoms with Crippen LogP contribution in [0.4, 0.5) is 17.1 Å². The van der Waals surface area contributed by atoms with Crippen LogP contribution in [0.5, 0.6) is 5.75 Å². The predicted molar refractivity (Wildman–Crippen MR) is 151 cm³/mol. The van der Waals surface area contributed by atoms with Crippen molar-refractivity contribution < 1.29 is 9.53 Å². The van der Waals surface area contributed by atoms with Crippen LogP contribution in [0.2, 0.25) is 0 Å². The Labute approximate surface area is 224 Å². The molecule has 1 fully saturated rings. The smallest absolute Gasteiger partial charge is 0.269 e. The molecule has 0 radical (unpaired) electrons. The zero-order valence-corrected chi connectivity index (χ0v) is 22.3. The molecule has 1 N–H and O–H groups in total. The Kier molecular flexibility index (Phi) is 7.12. The van der Waals surface area contributed by atoms with Crippen molar-refractivity contribution in [1.29, 1.82) is 5.26 Å². The second-order valence-electron chi connectivity index (χ2n) is 8.37. The summed E-state index contributed by atoms with van der Waals surface area (Å²) in [5, 5.41) is 14.2. The molecule has 5 rings (SSSR count). The van der Waals surface area contributed by atoms with Gasteiger partial charge in [0.1, 0.15) is 10.7 Å². The summed E-state index contributed by atoms with van der Waals surface area (Å²) >= 11 is 2.96. The summed E-state index contributed by atoms with van der Waals surface area (Å²) in [6.07, 6.45) is 0. The summed E-state index contributed by atoms with van der Waals surface area (Å²) in [5.74, 6) is 0.663. The molecule has 37 heavy (non-hydrogen) atoms. The van der Waals surface area contributed by atoms with Gasteiger partial charge >= 0.3 is 0 Å². The van der Waals surface area contributed by atoms with E-state index in [-0.39, 0.29) is 5.91 Å². The number of ether oxygens (including phenoxy) is 1. The largest absolute Gasteiger partial charge is 0.497 e. The van der Waals surface area contributed by atoms with Crippen LogP contribution >= 0.6 is 23.5 Å². The summed E-state index contributed by atoms with van der Waals surface area (Å²) in [7, 11) is 3.61. The lowest BCUT2D eigenvalue weighted by Gasteiger charge is -2.17. The number of methoxy groups -OCH3 is 1. The Hall–Kier alpha value is -3.87. The van der Waals surface area contributed by atoms with E-state index in [1.807, 2.05) is 56.4 Å². The van der Waals surface area contributed by atoms with E-state index in [2.05, 4.69) is 28.4 Å². The highest BCUT2D eigenvalue weighted by molar-refractivity contribution is 8.19. The van der Waals surface area contributed by atoms with E-state index >= 15 is 0 Å². The fourth-order valence-electron chi connectivity index (χ4n) is 4.11. The molecule has 0 bridgehead atoms. The Morgan fingerprint density at radius 2 is 1.86 bits per heavy atom. The molecule has 186 valence electrons. The van der Waals surface area contributed by atoms with Crippen LogP contribution in [0.25, 0.3) is 0 Å². The highest BCUT2D eigenvalue weighted by atomic mass is 32.2. The second kappa shape index (κ2) is 10.6. The lowest BCUT2D eigenvalue weighted by molar-refractivity contribution is -0.122. The first-order valence-corrected chi connectivity index (χ1v) is 13.4. The Balaban J connectivity index is 1.58. The number of hydrogen-bond donors (Lipinski definition) is 1. The number of nitriles is 1. The minimum atomic E-state index is -0.0943. The number of nitrogens with one attached hydrogen (secondary N) is 1. The van der Waals surface area contributed by atoms with Crippen molar-refractivity contribution in [3.05, 3.63) is 87.8 Å². The Bertz CT molecular complexity index is 1460. The first-order chi connectivity index (χ1) is 18.0. The van der Waals surface area contributed by atoms with Crippen LogP contribution in [-0.2, 0) is 11.3 Å². The Morgan fingerprint density at radius 1 is 1.08 bits per heavy atom. The maximum atomic E-state index is 13.9. The predicted octanol–water partition coefficient (Wildman–Crippen LogP) is 6.17. The van der Waals surface area contributed by atoms with Gasteiger partial charge in [-0.05, 0) is 66.7 Å². The maximum absolute atomic E-state index is 13.9. The normalized spacial score (nSPS) is 17.8. The zero-order chi connectivity index (χ0) is 25.9. The van der Waals surface area contributed by atoms with Gasteiger partial charge in [-0.25, -0.2) is 4.99 Å². The van der Waals surface area contributed by atoms with Gasteiger partial charge in [-0.15, -0.1) is 0 Å². The summed E-state index contributed by atoms with van der Waals surface area (Å²) < 4.78 is 5.29. The van der Waals surface area contributed by atoms with E-state index in [0.717, 1.165) is 32.6 Å². The molecule has 0 saturated carbocycles. The lowest BCUT2D eigenvalue weighted by Crippen LogP contribution is -2.29. The zero-order valence-electron chi connectivity index (χ0n) is 20.7. The number of anilines is 2. The number of rotatable bonds is 6. The molecule has 0 unspecified atom stereocenters. The van der Waals surface area contributed by atoms with Gasteiger partial charge in [-0.1, -0.05) is 36.0 Å². The number of benzene rings is 3. The fraction of sp³-hybridized carbons (Fsp3) is 0.179. The molecule has 3 aromatic carbocycles. The molecule has 0 atom stereocenters. The molecule has 0 spiro atoms. The van der Waals surface area contributed by atoms with E-state index < -0.39 is 0 Å². The number of fused-ring (bicyclic) bond motifs is 1. The highest BCUT2D eigenvalue weighted by Crippen LogP contribution is 2.50. The molecule has 9 heteroatoms. The number of nitrogens with zero attached hydrogens (tertiary/aromatic N) is 4. The number of carbonyl (C=O) groups is 1. The van der Waals surface area contributed by atoms with Gasteiger partial charge in [0, 0.05) is 18.5 Å². The van der Waals surface area contributed by atoms with Crippen LogP contribution in [0.1, 0.15) is 18.1 Å². The van der Waals surface area contributed by atoms with E-state index in [9.17, 15) is 10.1 Å². The quantitative estimate of drug-likeness (QED) is 0.384. The van der Waals surface area contributed by atoms with Gasteiger partial charge in [0.15, 0.2) is 5.17 Å². The molecule has 3 aromatic rings. The van der Waals surface area contributed by atoms with Crippen molar-refractivity contribution in [1.82, 2.24) is 4.90 Å². The van der Waals surface area contributed by atoms with Crippen LogP contribution in [0.15, 0.2) is 86.6 Å². The highest BCUT2D eigenvalue weighted by Gasteiger charge is 2.39. The number of amidine groups is 1. The molecule has 2 aliphatic rings. The van der Waals surface area contributed by atoms with Gasteiger partial charge < -0.3 is 15.0 Å². The number of thioether (sulfide) groups is 2. The third-order valence-electron chi connectivity index (χ3n) is 6.01. The van der Waals surface area contributed by atoms with Crippen molar-refractivity contribution in [3.63, 3.8) is 0 Å². The fourth-order valence-corrected chi connectivity index (χ4v) is 6.44. The van der Waals surface area contributed by atoms with Crippen molar-refractivity contribution in [3.8, 4) is 11.8 Å². The van der Waals surface area contributed by atoms with Crippen molar-refractivity contribution >= 4 is 51.7 Å². The SMILES string of the molecule is CCNc1ccc(C#N)cc1N=C1S/C(=C2/Sc3ccccc3N2C)C(=O)N1Cc1ccc(OC)cc1. The van der Waals surface area contributed by atoms with E-state index in [0.29, 0.717) is 34.4 Å². The van der Waals surface area contributed by atoms with Crippen LogP contribution in [-0.4, -0.2) is 36.7 Å². The monoisotopic (exact) mass is 527 g/mol. The van der Waals surface area contributed by atoms with E-state index in [1.165, 1.54) is 11.8 Å². The van der Waals surface area contributed by atoms with Gasteiger partial charge in [0.25, 0.3) is 5.91 Å². The van der Waals surface area contributed by atoms with Crippen molar-refractivity contribution in [2.24, 2.45) is 4.99 Å². The standard InChI is InChI=1S/C28H25N5O2S2/c1-4-30-21-14-11-19(16-29)15-22(21)31-28-33(17-18-9-12-20(35-3)13-10-18)26(34)25(37-28)27-32(2)23-7-5-6-8-24(23)36-27/h5-15,30H,4,17H2,1-3H3/b27-25+,31-28?. The molecule has 2 heterocycles. The molecule has 0 aromatic heterocycles. The third kappa shape index (κ3) is 4.90. The summed E-state index contributed by atoms with van der Waals surface area (Å²) in [6, 6.07) is 23.3. The van der Waals surface area contributed by atoms with E-state index in [1.54, 1.807) is 35.9 Å².